The molecule has 0 atom stereocenters. The third kappa shape index (κ3) is 5.16. The Bertz CT molecular complexity index is 797. The highest BCUT2D eigenvalue weighted by Gasteiger charge is 1.89. The van der Waals surface area contributed by atoms with Crippen molar-refractivity contribution in [2.75, 3.05) is 0 Å². The van der Waals surface area contributed by atoms with Crippen LogP contribution >= 0.6 is 11.3 Å². The van der Waals surface area contributed by atoms with Gasteiger partial charge in [-0.3, -0.25) is 19.9 Å². The Morgan fingerprint density at radius 3 is 1.00 bits per heavy atom. The monoisotopic (exact) mass is 344 g/mol. The van der Waals surface area contributed by atoms with Gasteiger partial charge >= 0.3 is 0 Å². The minimum absolute atomic E-state index is 0.949. The maximum atomic E-state index is 4.12. The van der Waals surface area contributed by atoms with Crippen LogP contribution in [-0.4, -0.2) is 19.9 Å². The summed E-state index contributed by atoms with van der Waals surface area (Å²) in [4.78, 5) is 16.5. The van der Waals surface area contributed by atoms with Gasteiger partial charge in [-0.1, -0.05) is 36.4 Å². The standard InChI is InChI=1S/2C8H6N2.C4H4S/c2*1-2-4-8-7(3-1)9-5-6-10-8;1-2-4-5-3-1/h2*1-6H;1-4H. The summed E-state index contributed by atoms with van der Waals surface area (Å²) in [6.45, 7) is 0. The third-order valence-electron chi connectivity index (χ3n) is 3.18. The van der Waals surface area contributed by atoms with E-state index in [2.05, 4.69) is 19.9 Å². The summed E-state index contributed by atoms with van der Waals surface area (Å²) in [5.41, 5.74) is 3.80. The SMILES string of the molecule is c1ccc2nccnc2c1.c1ccc2nccnc2c1.c1ccsc1. The van der Waals surface area contributed by atoms with Gasteiger partial charge in [0.2, 0.25) is 0 Å². The summed E-state index contributed by atoms with van der Waals surface area (Å²) in [6, 6.07) is 19.6. The summed E-state index contributed by atoms with van der Waals surface area (Å²) in [6.07, 6.45) is 6.79. The van der Waals surface area contributed by atoms with Gasteiger partial charge in [0.15, 0.2) is 0 Å². The van der Waals surface area contributed by atoms with Crippen LogP contribution in [0.4, 0.5) is 0 Å². The second-order valence-corrected chi connectivity index (χ2v) is 5.70. The fourth-order valence-corrected chi connectivity index (χ4v) is 2.50. The Labute approximate surface area is 149 Å². The maximum absolute atomic E-state index is 4.12. The molecule has 0 aliphatic rings. The van der Waals surface area contributed by atoms with E-state index in [1.165, 1.54) is 0 Å². The van der Waals surface area contributed by atoms with Crippen molar-refractivity contribution >= 4 is 33.4 Å². The van der Waals surface area contributed by atoms with Crippen molar-refractivity contribution in [1.29, 1.82) is 0 Å². The average molecular weight is 344 g/mol. The maximum Gasteiger partial charge on any atom is 0.0886 e. The zero-order valence-electron chi connectivity index (χ0n) is 13.4. The zero-order valence-corrected chi connectivity index (χ0v) is 14.3. The van der Waals surface area contributed by atoms with Crippen LogP contribution in [-0.2, 0) is 0 Å². The molecule has 5 heteroatoms. The van der Waals surface area contributed by atoms with Crippen LogP contribution in [0.2, 0.25) is 0 Å². The first-order valence-corrected chi connectivity index (χ1v) is 8.66. The smallest absolute Gasteiger partial charge is 0.0886 e. The molecule has 0 saturated carbocycles. The molecule has 25 heavy (non-hydrogen) atoms. The molecule has 122 valence electrons. The lowest BCUT2D eigenvalue weighted by Gasteiger charge is -1.90. The Hall–Kier alpha value is -3.18. The van der Waals surface area contributed by atoms with E-state index in [1.54, 1.807) is 36.1 Å². The first-order chi connectivity index (χ1) is 12.4. The minimum atomic E-state index is 0.949. The number of benzene rings is 2. The normalized spacial score (nSPS) is 9.60. The van der Waals surface area contributed by atoms with E-state index in [1.807, 2.05) is 71.4 Å². The van der Waals surface area contributed by atoms with Crippen LogP contribution in [0.1, 0.15) is 0 Å². The van der Waals surface area contributed by atoms with E-state index in [9.17, 15) is 0 Å². The van der Waals surface area contributed by atoms with E-state index >= 15 is 0 Å². The van der Waals surface area contributed by atoms with Gasteiger partial charge in [0, 0.05) is 24.8 Å². The van der Waals surface area contributed by atoms with Crippen LogP contribution in [0.25, 0.3) is 22.1 Å². The molecule has 0 unspecified atom stereocenters. The Kier molecular flexibility index (Phi) is 6.13. The molecule has 0 radical (unpaired) electrons. The fourth-order valence-electron chi connectivity index (χ4n) is 2.05. The molecule has 0 aliphatic heterocycles. The molecule has 5 aromatic rings. The highest BCUT2D eigenvalue weighted by molar-refractivity contribution is 7.07. The van der Waals surface area contributed by atoms with Gasteiger partial charge in [-0.25, -0.2) is 0 Å². The van der Waals surface area contributed by atoms with Gasteiger partial charge in [-0.15, -0.1) is 0 Å². The van der Waals surface area contributed by atoms with Gasteiger partial charge in [0.05, 0.1) is 22.1 Å². The number of nitrogens with zero attached hydrogens (tertiary/aromatic N) is 4. The van der Waals surface area contributed by atoms with Crippen LogP contribution in [0.15, 0.2) is 96.2 Å². The van der Waals surface area contributed by atoms with Crippen molar-refractivity contribution in [3.63, 3.8) is 0 Å². The number of fused-ring (bicyclic) bond motifs is 2. The van der Waals surface area contributed by atoms with Crippen molar-refractivity contribution in [2.24, 2.45) is 0 Å². The van der Waals surface area contributed by atoms with Gasteiger partial charge in [0.25, 0.3) is 0 Å². The highest BCUT2D eigenvalue weighted by Crippen LogP contribution is 2.05. The second-order valence-electron chi connectivity index (χ2n) is 4.88. The zero-order chi connectivity index (χ0) is 17.2. The lowest BCUT2D eigenvalue weighted by atomic mass is 10.3. The second kappa shape index (κ2) is 9.20. The van der Waals surface area contributed by atoms with Crippen molar-refractivity contribution in [3.8, 4) is 0 Å². The van der Waals surface area contributed by atoms with Crippen LogP contribution < -0.4 is 0 Å². The van der Waals surface area contributed by atoms with E-state index < -0.39 is 0 Å². The number of aromatic nitrogens is 4. The lowest BCUT2D eigenvalue weighted by molar-refractivity contribution is 1.29. The molecule has 3 aromatic heterocycles. The Balaban J connectivity index is 0.000000116. The highest BCUT2D eigenvalue weighted by atomic mass is 32.1. The molecule has 4 nitrogen and oxygen atoms in total. The summed E-state index contributed by atoms with van der Waals surface area (Å²) in [5.74, 6) is 0. The number of hydrogen-bond acceptors (Lipinski definition) is 5. The predicted molar refractivity (Wildman–Crippen MR) is 103 cm³/mol. The number of rotatable bonds is 0. The minimum Gasteiger partial charge on any atom is -0.253 e. The summed E-state index contributed by atoms with van der Waals surface area (Å²) >= 11 is 1.71. The average Bonchev–Trinajstić information content (AvgIpc) is 3.29. The molecule has 2 aromatic carbocycles. The topological polar surface area (TPSA) is 51.6 Å². The molecule has 0 saturated heterocycles. The van der Waals surface area contributed by atoms with Crippen LogP contribution in [0.3, 0.4) is 0 Å². The molecule has 0 spiro atoms. The van der Waals surface area contributed by atoms with E-state index in [0.717, 1.165) is 22.1 Å². The fraction of sp³-hybridized carbons (Fsp3) is 0. The van der Waals surface area contributed by atoms with Gasteiger partial charge < -0.3 is 0 Å². The molecular weight excluding hydrogens is 328 g/mol. The van der Waals surface area contributed by atoms with Gasteiger partial charge in [0.1, 0.15) is 0 Å². The number of hydrogen-bond donors (Lipinski definition) is 0. The predicted octanol–water partition coefficient (Wildman–Crippen LogP) is 5.01. The summed E-state index contributed by atoms with van der Waals surface area (Å²) < 4.78 is 0. The molecule has 0 aliphatic carbocycles. The van der Waals surface area contributed by atoms with Crippen molar-refractivity contribution < 1.29 is 0 Å². The van der Waals surface area contributed by atoms with E-state index in [4.69, 9.17) is 0 Å². The lowest BCUT2D eigenvalue weighted by Crippen LogP contribution is -1.78. The molecular formula is C20H16N4S. The van der Waals surface area contributed by atoms with Crippen molar-refractivity contribution in [2.45, 2.75) is 0 Å². The number of para-hydroxylation sites is 4. The van der Waals surface area contributed by atoms with Crippen molar-refractivity contribution in [3.05, 3.63) is 96.2 Å². The van der Waals surface area contributed by atoms with E-state index in [-0.39, 0.29) is 0 Å². The molecule has 0 N–H and O–H groups in total. The molecule has 0 fully saturated rings. The molecule has 0 amide bonds. The quantitative estimate of drug-likeness (QED) is 0.396. The summed E-state index contributed by atoms with van der Waals surface area (Å²) in [7, 11) is 0. The first kappa shape index (κ1) is 16.7. The van der Waals surface area contributed by atoms with Crippen LogP contribution in [0.5, 0.6) is 0 Å². The molecule has 0 bridgehead atoms. The molecule has 3 heterocycles. The Morgan fingerprint density at radius 2 is 0.760 bits per heavy atom. The largest absolute Gasteiger partial charge is 0.253 e. The first-order valence-electron chi connectivity index (χ1n) is 7.72. The molecule has 5 rings (SSSR count). The van der Waals surface area contributed by atoms with Gasteiger partial charge in [-0.05, 0) is 35.0 Å². The van der Waals surface area contributed by atoms with Crippen LogP contribution in [0, 0.1) is 0 Å². The third-order valence-corrected chi connectivity index (χ3v) is 3.81. The van der Waals surface area contributed by atoms with Gasteiger partial charge in [-0.2, -0.15) is 11.3 Å². The Morgan fingerprint density at radius 1 is 0.440 bits per heavy atom. The summed E-state index contributed by atoms with van der Waals surface area (Å²) in [5, 5.41) is 4.08. The van der Waals surface area contributed by atoms with Crippen molar-refractivity contribution in [1.82, 2.24) is 19.9 Å². The number of thiophene rings is 1. The van der Waals surface area contributed by atoms with E-state index in [0.29, 0.717) is 0 Å².